The number of ether oxygens (including phenoxy) is 1. The van der Waals surface area contributed by atoms with Crippen LogP contribution in [0.3, 0.4) is 0 Å². The van der Waals surface area contributed by atoms with E-state index in [2.05, 4.69) is 17.0 Å². The summed E-state index contributed by atoms with van der Waals surface area (Å²) in [4.78, 5) is 28.4. The zero-order valence-corrected chi connectivity index (χ0v) is 13.6. The standard InChI is InChI=1S/C18H24N2O3/c1-23-18(22)16-9-10-17(21)20(16)15-8-5-11-19(13-15)12-14-6-3-2-4-7-14/h2-4,6-7,15-16H,5,8-13H2,1H3. The molecule has 0 bridgehead atoms. The second-order valence-corrected chi connectivity index (χ2v) is 6.40. The van der Waals surface area contributed by atoms with Gasteiger partial charge in [-0.2, -0.15) is 0 Å². The van der Waals surface area contributed by atoms with Gasteiger partial charge in [0.25, 0.3) is 0 Å². The molecule has 5 nitrogen and oxygen atoms in total. The van der Waals surface area contributed by atoms with E-state index in [-0.39, 0.29) is 17.9 Å². The Morgan fingerprint density at radius 2 is 2.04 bits per heavy atom. The molecule has 1 amide bonds. The van der Waals surface area contributed by atoms with Crippen LogP contribution in [0.5, 0.6) is 0 Å². The molecule has 2 aliphatic rings. The van der Waals surface area contributed by atoms with Crippen molar-refractivity contribution in [3.8, 4) is 0 Å². The minimum atomic E-state index is -0.394. The lowest BCUT2D eigenvalue weighted by atomic mass is 10.0. The summed E-state index contributed by atoms with van der Waals surface area (Å²) in [5.41, 5.74) is 1.28. The van der Waals surface area contributed by atoms with Gasteiger partial charge in [-0.15, -0.1) is 0 Å². The van der Waals surface area contributed by atoms with Crippen molar-refractivity contribution >= 4 is 11.9 Å². The van der Waals surface area contributed by atoms with E-state index < -0.39 is 6.04 Å². The highest BCUT2D eigenvalue weighted by Gasteiger charge is 2.42. The van der Waals surface area contributed by atoms with Gasteiger partial charge in [0.2, 0.25) is 5.91 Å². The molecule has 124 valence electrons. The number of piperidine rings is 1. The molecule has 0 aromatic heterocycles. The van der Waals surface area contributed by atoms with Crippen LogP contribution in [-0.4, -0.2) is 54.0 Å². The summed E-state index contributed by atoms with van der Waals surface area (Å²) in [5, 5.41) is 0. The summed E-state index contributed by atoms with van der Waals surface area (Å²) >= 11 is 0. The summed E-state index contributed by atoms with van der Waals surface area (Å²) in [7, 11) is 1.39. The molecule has 5 heteroatoms. The van der Waals surface area contributed by atoms with E-state index in [4.69, 9.17) is 4.74 Å². The normalized spacial score (nSPS) is 25.6. The molecule has 0 aliphatic carbocycles. The third kappa shape index (κ3) is 3.55. The predicted molar refractivity (Wildman–Crippen MR) is 86.6 cm³/mol. The quantitative estimate of drug-likeness (QED) is 0.795. The number of methoxy groups -OCH3 is 1. The lowest BCUT2D eigenvalue weighted by molar-refractivity contribution is -0.151. The fourth-order valence-electron chi connectivity index (χ4n) is 3.77. The molecular formula is C18H24N2O3. The van der Waals surface area contributed by atoms with Crippen molar-refractivity contribution < 1.29 is 14.3 Å². The highest BCUT2D eigenvalue weighted by Crippen LogP contribution is 2.27. The summed E-state index contributed by atoms with van der Waals surface area (Å²) < 4.78 is 4.88. The lowest BCUT2D eigenvalue weighted by Crippen LogP contribution is -2.53. The van der Waals surface area contributed by atoms with Crippen molar-refractivity contribution in [3.63, 3.8) is 0 Å². The van der Waals surface area contributed by atoms with Gasteiger partial charge in [-0.1, -0.05) is 30.3 Å². The third-order valence-electron chi connectivity index (χ3n) is 4.85. The topological polar surface area (TPSA) is 49.9 Å². The Bertz CT molecular complexity index is 561. The van der Waals surface area contributed by atoms with Gasteiger partial charge < -0.3 is 9.64 Å². The Morgan fingerprint density at radius 3 is 2.78 bits per heavy atom. The van der Waals surface area contributed by atoms with Crippen LogP contribution in [0.1, 0.15) is 31.2 Å². The number of likely N-dealkylation sites (tertiary alicyclic amines) is 2. The average Bonchev–Trinajstić information content (AvgIpc) is 2.97. The number of nitrogens with zero attached hydrogens (tertiary/aromatic N) is 2. The van der Waals surface area contributed by atoms with Crippen molar-refractivity contribution in [3.05, 3.63) is 35.9 Å². The summed E-state index contributed by atoms with van der Waals surface area (Å²) in [6.45, 7) is 2.76. The highest BCUT2D eigenvalue weighted by atomic mass is 16.5. The zero-order valence-electron chi connectivity index (χ0n) is 13.6. The third-order valence-corrected chi connectivity index (χ3v) is 4.85. The van der Waals surface area contributed by atoms with Crippen molar-refractivity contribution in [2.75, 3.05) is 20.2 Å². The van der Waals surface area contributed by atoms with Gasteiger partial charge in [0, 0.05) is 25.6 Å². The SMILES string of the molecule is COC(=O)C1CCC(=O)N1C1CCCN(Cc2ccccc2)C1. The van der Waals surface area contributed by atoms with Crippen molar-refractivity contribution in [1.82, 2.24) is 9.80 Å². The fraction of sp³-hybridized carbons (Fsp3) is 0.556. The first kappa shape index (κ1) is 16.0. The molecule has 3 rings (SSSR count). The van der Waals surface area contributed by atoms with E-state index in [1.54, 1.807) is 4.90 Å². The average molecular weight is 316 g/mol. The molecule has 0 spiro atoms. The van der Waals surface area contributed by atoms with Gasteiger partial charge in [0.15, 0.2) is 0 Å². The second kappa shape index (κ2) is 7.13. The Kier molecular flexibility index (Phi) is 4.96. The number of rotatable bonds is 4. The Balaban J connectivity index is 1.67. The predicted octanol–water partition coefficient (Wildman–Crippen LogP) is 1.81. The zero-order chi connectivity index (χ0) is 16.2. The largest absolute Gasteiger partial charge is 0.467 e. The molecule has 2 heterocycles. The number of amides is 1. The summed E-state index contributed by atoms with van der Waals surface area (Å²) in [5.74, 6) is -0.192. The van der Waals surface area contributed by atoms with Crippen LogP contribution in [-0.2, 0) is 20.9 Å². The number of carbonyl (C=O) groups excluding carboxylic acids is 2. The number of carbonyl (C=O) groups is 2. The first-order valence-electron chi connectivity index (χ1n) is 8.34. The Hall–Kier alpha value is -1.88. The van der Waals surface area contributed by atoms with Crippen LogP contribution in [0.15, 0.2) is 30.3 Å². The molecular weight excluding hydrogens is 292 g/mol. The summed E-state index contributed by atoms with van der Waals surface area (Å²) in [6, 6.07) is 10.1. The maximum absolute atomic E-state index is 12.3. The number of esters is 1. The van der Waals surface area contributed by atoms with Crippen LogP contribution in [0.4, 0.5) is 0 Å². The minimum absolute atomic E-state index is 0.0898. The van der Waals surface area contributed by atoms with Crippen LogP contribution >= 0.6 is 0 Å². The Labute approximate surface area is 137 Å². The maximum Gasteiger partial charge on any atom is 0.328 e. The molecule has 0 radical (unpaired) electrons. The Morgan fingerprint density at radius 1 is 1.26 bits per heavy atom. The van der Waals surface area contributed by atoms with Gasteiger partial charge >= 0.3 is 5.97 Å². The minimum Gasteiger partial charge on any atom is -0.467 e. The van der Waals surface area contributed by atoms with Gasteiger partial charge in [0.05, 0.1) is 7.11 Å². The number of benzene rings is 1. The molecule has 0 saturated carbocycles. The maximum atomic E-state index is 12.3. The smallest absolute Gasteiger partial charge is 0.328 e. The molecule has 1 aromatic carbocycles. The number of hydrogen-bond donors (Lipinski definition) is 0. The molecule has 1 aromatic rings. The molecule has 2 saturated heterocycles. The van der Waals surface area contributed by atoms with Crippen molar-refractivity contribution in [1.29, 1.82) is 0 Å². The monoisotopic (exact) mass is 316 g/mol. The van der Waals surface area contributed by atoms with Crippen molar-refractivity contribution in [2.45, 2.75) is 44.3 Å². The van der Waals surface area contributed by atoms with Gasteiger partial charge in [-0.3, -0.25) is 9.69 Å². The van der Waals surface area contributed by atoms with Crippen LogP contribution in [0.25, 0.3) is 0 Å². The van der Waals surface area contributed by atoms with E-state index in [0.717, 1.165) is 32.5 Å². The van der Waals surface area contributed by atoms with Crippen LogP contribution in [0.2, 0.25) is 0 Å². The fourth-order valence-corrected chi connectivity index (χ4v) is 3.77. The molecule has 0 N–H and O–H groups in total. The van der Waals surface area contributed by atoms with Gasteiger partial charge in [-0.25, -0.2) is 4.79 Å². The molecule has 2 aliphatic heterocycles. The first-order chi connectivity index (χ1) is 11.2. The first-order valence-corrected chi connectivity index (χ1v) is 8.34. The highest BCUT2D eigenvalue weighted by molar-refractivity contribution is 5.88. The summed E-state index contributed by atoms with van der Waals surface area (Å²) in [6.07, 6.45) is 3.05. The molecule has 2 unspecified atom stereocenters. The van der Waals surface area contributed by atoms with Crippen LogP contribution in [0, 0.1) is 0 Å². The molecule has 2 fully saturated rings. The van der Waals surface area contributed by atoms with Crippen molar-refractivity contribution in [2.24, 2.45) is 0 Å². The number of hydrogen-bond acceptors (Lipinski definition) is 4. The van der Waals surface area contributed by atoms with E-state index in [1.807, 2.05) is 18.2 Å². The van der Waals surface area contributed by atoms with E-state index in [1.165, 1.54) is 12.7 Å². The van der Waals surface area contributed by atoms with E-state index >= 15 is 0 Å². The van der Waals surface area contributed by atoms with E-state index in [0.29, 0.717) is 12.8 Å². The van der Waals surface area contributed by atoms with Gasteiger partial charge in [-0.05, 0) is 31.4 Å². The molecule has 23 heavy (non-hydrogen) atoms. The lowest BCUT2D eigenvalue weighted by Gasteiger charge is -2.39. The van der Waals surface area contributed by atoms with Crippen LogP contribution < -0.4 is 0 Å². The van der Waals surface area contributed by atoms with Gasteiger partial charge in [0.1, 0.15) is 6.04 Å². The second-order valence-electron chi connectivity index (χ2n) is 6.40. The molecule has 2 atom stereocenters. The van der Waals surface area contributed by atoms with E-state index in [9.17, 15) is 9.59 Å².